The Balaban J connectivity index is 3.28. The summed E-state index contributed by atoms with van der Waals surface area (Å²) in [6, 6.07) is -0.536. The van der Waals surface area contributed by atoms with E-state index in [1.165, 1.54) is 308 Å². The summed E-state index contributed by atoms with van der Waals surface area (Å²) in [5, 5.41) is 23.1. The van der Waals surface area contributed by atoms with Crippen molar-refractivity contribution in [2.24, 2.45) is 0 Å². The highest BCUT2D eigenvalue weighted by Crippen LogP contribution is 2.19. The van der Waals surface area contributed by atoms with Crippen LogP contribution in [0.3, 0.4) is 0 Å². The Morgan fingerprint density at radius 3 is 0.859 bits per heavy atom. The molecule has 0 aromatic rings. The molecule has 2 atom stereocenters. The number of esters is 1. The van der Waals surface area contributed by atoms with E-state index in [4.69, 9.17) is 4.74 Å². The molecule has 1 amide bonds. The lowest BCUT2D eigenvalue weighted by atomic mass is 10.0. The van der Waals surface area contributed by atoms with Crippen molar-refractivity contribution in [3.8, 4) is 0 Å². The maximum absolute atomic E-state index is 12.4. The number of unbranched alkanes of at least 4 members (excludes halogenated alkanes) is 51. The van der Waals surface area contributed by atoms with Gasteiger partial charge in [-0.3, -0.25) is 9.59 Å². The average Bonchev–Trinajstić information content (AvgIpc) is 3.37. The van der Waals surface area contributed by atoms with Gasteiger partial charge in [0.25, 0.3) is 0 Å². The van der Waals surface area contributed by atoms with Crippen LogP contribution >= 0.6 is 0 Å². The Hall–Kier alpha value is -1.14. The monoisotopic (exact) mass is 1000 g/mol. The van der Waals surface area contributed by atoms with Gasteiger partial charge in [0.05, 0.1) is 25.4 Å². The van der Waals surface area contributed by atoms with Crippen LogP contribution in [0.2, 0.25) is 0 Å². The van der Waals surface area contributed by atoms with Crippen LogP contribution in [0.25, 0.3) is 0 Å². The third-order valence-corrected chi connectivity index (χ3v) is 15.7. The molecule has 0 saturated heterocycles. The summed E-state index contributed by atoms with van der Waals surface area (Å²) in [7, 11) is 0. The van der Waals surface area contributed by atoms with E-state index >= 15 is 0 Å². The van der Waals surface area contributed by atoms with Crippen LogP contribution in [0.5, 0.6) is 0 Å². The van der Waals surface area contributed by atoms with Gasteiger partial charge in [0.1, 0.15) is 0 Å². The molecule has 0 heterocycles. The van der Waals surface area contributed by atoms with Crippen LogP contribution in [0.15, 0.2) is 0 Å². The van der Waals surface area contributed by atoms with Gasteiger partial charge < -0.3 is 20.3 Å². The van der Waals surface area contributed by atoms with Gasteiger partial charge >= 0.3 is 5.97 Å². The van der Waals surface area contributed by atoms with Crippen molar-refractivity contribution in [1.82, 2.24) is 5.32 Å². The number of ether oxygens (including phenoxy) is 1. The van der Waals surface area contributed by atoms with Crippen molar-refractivity contribution in [2.45, 2.75) is 392 Å². The lowest BCUT2D eigenvalue weighted by Crippen LogP contribution is -2.45. The summed E-state index contributed by atoms with van der Waals surface area (Å²) < 4.78 is 5.51. The number of amides is 1. The van der Waals surface area contributed by atoms with Crippen molar-refractivity contribution in [3.05, 3.63) is 0 Å². The molecule has 0 aromatic heterocycles. The first kappa shape index (κ1) is 69.9. The first-order chi connectivity index (χ1) is 35.0. The van der Waals surface area contributed by atoms with Crippen LogP contribution in [0.1, 0.15) is 380 Å². The van der Waals surface area contributed by atoms with E-state index in [0.717, 1.165) is 38.5 Å². The summed E-state index contributed by atoms with van der Waals surface area (Å²) >= 11 is 0. The molecule has 0 bridgehead atoms. The van der Waals surface area contributed by atoms with Crippen molar-refractivity contribution in [2.75, 3.05) is 13.2 Å². The lowest BCUT2D eigenvalue weighted by Gasteiger charge is -2.22. The maximum atomic E-state index is 12.4. The molecule has 0 aliphatic heterocycles. The van der Waals surface area contributed by atoms with Crippen molar-refractivity contribution < 1.29 is 24.5 Å². The summed E-state index contributed by atoms with van der Waals surface area (Å²) in [5.41, 5.74) is 0. The number of rotatable bonds is 62. The second-order valence-corrected chi connectivity index (χ2v) is 22.8. The van der Waals surface area contributed by atoms with E-state index in [9.17, 15) is 19.8 Å². The number of aliphatic hydroxyl groups excluding tert-OH is 2. The second-order valence-electron chi connectivity index (χ2n) is 22.8. The Bertz CT molecular complexity index is 1020. The van der Waals surface area contributed by atoms with Crippen LogP contribution in [-0.4, -0.2) is 47.4 Å². The highest BCUT2D eigenvalue weighted by atomic mass is 16.5. The molecule has 3 N–H and O–H groups in total. The molecule has 71 heavy (non-hydrogen) atoms. The van der Waals surface area contributed by atoms with Crippen molar-refractivity contribution >= 4 is 11.9 Å². The molecule has 0 spiro atoms. The predicted octanol–water partition coefficient (Wildman–Crippen LogP) is 20.6. The first-order valence-corrected chi connectivity index (χ1v) is 32.8. The van der Waals surface area contributed by atoms with Gasteiger partial charge in [-0.1, -0.05) is 341 Å². The van der Waals surface area contributed by atoms with Crippen LogP contribution in [0, 0.1) is 0 Å². The van der Waals surface area contributed by atoms with Gasteiger partial charge in [0.15, 0.2) is 0 Å². The fourth-order valence-corrected chi connectivity index (χ4v) is 10.6. The van der Waals surface area contributed by atoms with E-state index in [0.29, 0.717) is 25.9 Å². The maximum Gasteiger partial charge on any atom is 0.305 e. The van der Waals surface area contributed by atoms with Crippen LogP contribution < -0.4 is 5.32 Å². The number of aliphatic hydroxyl groups is 2. The molecule has 424 valence electrons. The highest BCUT2D eigenvalue weighted by molar-refractivity contribution is 5.76. The summed E-state index contributed by atoms with van der Waals surface area (Å²) in [4.78, 5) is 24.5. The molecular formula is C65H129NO5. The average molecular weight is 1000 g/mol. The zero-order valence-electron chi connectivity index (χ0n) is 48.5. The molecule has 6 heteroatoms. The Morgan fingerprint density at radius 2 is 0.577 bits per heavy atom. The quantitative estimate of drug-likeness (QED) is 0.0417. The lowest BCUT2D eigenvalue weighted by molar-refractivity contribution is -0.143. The molecule has 0 fully saturated rings. The molecular weight excluding hydrogens is 875 g/mol. The summed E-state index contributed by atoms with van der Waals surface area (Å²) in [6.45, 7) is 4.97. The van der Waals surface area contributed by atoms with Gasteiger partial charge in [-0.25, -0.2) is 0 Å². The highest BCUT2D eigenvalue weighted by Gasteiger charge is 2.20. The van der Waals surface area contributed by atoms with Gasteiger partial charge in [-0.2, -0.15) is 0 Å². The number of hydrogen-bond donors (Lipinski definition) is 3. The minimum Gasteiger partial charge on any atom is -0.466 e. The van der Waals surface area contributed by atoms with Crippen LogP contribution in [0.4, 0.5) is 0 Å². The third-order valence-electron chi connectivity index (χ3n) is 15.7. The van der Waals surface area contributed by atoms with E-state index in [1.54, 1.807) is 0 Å². The molecule has 0 aliphatic carbocycles. The molecule has 0 radical (unpaired) electrons. The third kappa shape index (κ3) is 58.0. The van der Waals surface area contributed by atoms with Gasteiger partial charge in [-0.05, 0) is 25.7 Å². The fraction of sp³-hybridized carbons (Fsp3) is 0.969. The van der Waals surface area contributed by atoms with E-state index < -0.39 is 12.1 Å². The number of hydrogen-bond acceptors (Lipinski definition) is 5. The molecule has 0 saturated carbocycles. The first-order valence-electron chi connectivity index (χ1n) is 32.8. The van der Waals surface area contributed by atoms with E-state index in [2.05, 4.69) is 19.2 Å². The fourth-order valence-electron chi connectivity index (χ4n) is 10.6. The Labute approximate surface area is 445 Å². The largest absolute Gasteiger partial charge is 0.466 e. The number of nitrogens with one attached hydrogen (secondary N) is 1. The smallest absolute Gasteiger partial charge is 0.305 e. The minimum absolute atomic E-state index is 0.0230. The zero-order valence-corrected chi connectivity index (χ0v) is 48.5. The van der Waals surface area contributed by atoms with Crippen LogP contribution in [-0.2, 0) is 14.3 Å². The number of carbonyl (C=O) groups excluding carboxylic acids is 2. The van der Waals surface area contributed by atoms with Gasteiger partial charge in [0.2, 0.25) is 5.91 Å². The number of carbonyl (C=O) groups is 2. The van der Waals surface area contributed by atoms with Crippen molar-refractivity contribution in [3.63, 3.8) is 0 Å². The van der Waals surface area contributed by atoms with E-state index in [1.807, 2.05) is 0 Å². The normalized spacial score (nSPS) is 12.5. The van der Waals surface area contributed by atoms with Gasteiger partial charge in [0, 0.05) is 12.8 Å². The molecule has 0 aromatic carbocycles. The van der Waals surface area contributed by atoms with Gasteiger partial charge in [-0.15, -0.1) is 0 Å². The van der Waals surface area contributed by atoms with E-state index in [-0.39, 0.29) is 18.5 Å². The standard InChI is InChI=1S/C65H129NO5/c1-3-5-7-9-11-13-14-15-16-17-26-30-33-36-39-43-47-51-55-59-65(70)71-60-56-52-48-44-40-37-34-31-28-25-23-21-19-18-20-22-24-27-29-32-35-38-42-46-50-54-58-64(69)66-62(61-67)63(68)57-53-49-45-41-12-10-8-6-4-2/h62-63,67-68H,3-61H2,1-2H3,(H,66,69). The molecule has 6 nitrogen and oxygen atoms in total. The topological polar surface area (TPSA) is 95.9 Å². The molecule has 0 aliphatic rings. The predicted molar refractivity (Wildman–Crippen MR) is 310 cm³/mol. The Kier molecular flexibility index (Phi) is 60.4. The SMILES string of the molecule is CCCCCCCCCCCCCCCCCCCCCC(=O)OCCCCCCCCCCCCCCCCCCCCCCCCCCCCC(=O)NC(CO)C(O)CCCCCCCCCCC. The van der Waals surface area contributed by atoms with Crippen molar-refractivity contribution in [1.29, 1.82) is 0 Å². The summed E-state index contributed by atoms with van der Waals surface area (Å²) in [6.07, 6.45) is 72.9. The second kappa shape index (κ2) is 61.4. The zero-order chi connectivity index (χ0) is 51.4. The molecule has 2 unspecified atom stereocenters. The minimum atomic E-state index is -0.659. The Morgan fingerprint density at radius 1 is 0.338 bits per heavy atom. The summed E-state index contributed by atoms with van der Waals surface area (Å²) in [5.74, 6) is -0.00997. The molecule has 0 rings (SSSR count).